The highest BCUT2D eigenvalue weighted by molar-refractivity contribution is 5.94. The van der Waals surface area contributed by atoms with Gasteiger partial charge < -0.3 is 20.9 Å². The number of carbonyl (C=O) groups excluding carboxylic acids is 1. The summed E-state index contributed by atoms with van der Waals surface area (Å²) in [4.78, 5) is 11.0. The van der Waals surface area contributed by atoms with Gasteiger partial charge in [-0.2, -0.15) is 0 Å². The number of nitrogen functional groups attached to an aromatic ring is 1. The van der Waals surface area contributed by atoms with Crippen LogP contribution in [0.15, 0.2) is 42.5 Å². The molecule has 0 atom stereocenters. The van der Waals surface area contributed by atoms with Gasteiger partial charge in [0, 0.05) is 5.56 Å². The summed E-state index contributed by atoms with van der Waals surface area (Å²) in [5.74, 6) is 1.05. The van der Waals surface area contributed by atoms with Gasteiger partial charge in [-0.25, -0.2) is 0 Å². The molecule has 0 aliphatic rings. The Morgan fingerprint density at radius 2 is 1.74 bits per heavy atom. The fourth-order valence-corrected chi connectivity index (χ4v) is 1.62. The highest BCUT2D eigenvalue weighted by Gasteiger charge is 2.09. The van der Waals surface area contributed by atoms with Gasteiger partial charge >= 0.3 is 0 Å². The molecule has 0 bridgehead atoms. The maximum Gasteiger partial charge on any atom is 0.248 e. The molecule has 0 saturated heterocycles. The minimum absolute atomic E-state index is 0.335. The average molecular weight is 258 g/mol. The summed E-state index contributed by atoms with van der Waals surface area (Å²) in [6.07, 6.45) is 0. The van der Waals surface area contributed by atoms with E-state index in [1.165, 1.54) is 6.07 Å². The minimum Gasteiger partial charge on any atom is -0.493 e. The molecule has 0 aliphatic heterocycles. The lowest BCUT2D eigenvalue weighted by molar-refractivity contribution is 0.100. The van der Waals surface area contributed by atoms with E-state index < -0.39 is 5.91 Å². The summed E-state index contributed by atoms with van der Waals surface area (Å²) < 4.78 is 10.8. The highest BCUT2D eigenvalue weighted by Crippen LogP contribution is 2.33. The smallest absolute Gasteiger partial charge is 0.248 e. The third-order valence-electron chi connectivity index (χ3n) is 2.58. The molecule has 5 nitrogen and oxygen atoms in total. The number of anilines is 1. The van der Waals surface area contributed by atoms with Crippen LogP contribution in [-0.4, -0.2) is 13.0 Å². The lowest BCUT2D eigenvalue weighted by atomic mass is 10.2. The first kappa shape index (κ1) is 12.8. The molecule has 0 saturated carbocycles. The topological polar surface area (TPSA) is 87.6 Å². The number of ether oxygens (including phenoxy) is 2. The van der Waals surface area contributed by atoms with Crippen molar-refractivity contribution in [3.05, 3.63) is 48.0 Å². The van der Waals surface area contributed by atoms with Crippen LogP contribution in [0.4, 0.5) is 5.69 Å². The predicted octanol–water partition coefficient (Wildman–Crippen LogP) is 2.17. The summed E-state index contributed by atoms with van der Waals surface area (Å²) in [6.45, 7) is 0. The van der Waals surface area contributed by atoms with Gasteiger partial charge in [0.15, 0.2) is 17.2 Å². The van der Waals surface area contributed by atoms with Crippen LogP contribution in [0, 0.1) is 0 Å². The molecular weight excluding hydrogens is 244 g/mol. The summed E-state index contributed by atoms with van der Waals surface area (Å²) >= 11 is 0. The molecule has 0 aromatic heterocycles. The van der Waals surface area contributed by atoms with Gasteiger partial charge in [0.1, 0.15) is 0 Å². The summed E-state index contributed by atoms with van der Waals surface area (Å²) in [6, 6.07) is 11.8. The Bertz CT molecular complexity index is 611. The first-order valence-electron chi connectivity index (χ1n) is 5.62. The maximum absolute atomic E-state index is 11.0. The summed E-state index contributed by atoms with van der Waals surface area (Å²) in [7, 11) is 1.56. The maximum atomic E-state index is 11.0. The molecule has 19 heavy (non-hydrogen) atoms. The molecule has 0 heterocycles. The minimum atomic E-state index is -0.532. The molecule has 5 heteroatoms. The number of rotatable bonds is 4. The Morgan fingerprint density at radius 3 is 2.32 bits per heavy atom. The fourth-order valence-electron chi connectivity index (χ4n) is 1.62. The van der Waals surface area contributed by atoms with Crippen molar-refractivity contribution in [3.63, 3.8) is 0 Å². The molecule has 0 spiro atoms. The number of benzene rings is 2. The largest absolute Gasteiger partial charge is 0.493 e. The zero-order valence-electron chi connectivity index (χ0n) is 10.4. The van der Waals surface area contributed by atoms with E-state index in [1.807, 2.05) is 12.1 Å². The number of hydrogen-bond donors (Lipinski definition) is 2. The second kappa shape index (κ2) is 5.30. The number of para-hydroxylation sites is 2. The molecule has 2 aromatic carbocycles. The van der Waals surface area contributed by atoms with Crippen molar-refractivity contribution < 1.29 is 14.3 Å². The van der Waals surface area contributed by atoms with Gasteiger partial charge in [0.05, 0.1) is 12.8 Å². The molecule has 98 valence electrons. The van der Waals surface area contributed by atoms with Crippen molar-refractivity contribution in [1.29, 1.82) is 0 Å². The number of hydrogen-bond acceptors (Lipinski definition) is 4. The van der Waals surface area contributed by atoms with Gasteiger partial charge in [-0.3, -0.25) is 4.79 Å². The Morgan fingerprint density at radius 1 is 1.05 bits per heavy atom. The Balaban J connectivity index is 2.31. The Labute approximate surface area is 110 Å². The van der Waals surface area contributed by atoms with Crippen molar-refractivity contribution in [3.8, 4) is 17.2 Å². The van der Waals surface area contributed by atoms with E-state index in [1.54, 1.807) is 31.4 Å². The van der Waals surface area contributed by atoms with Gasteiger partial charge in [0.2, 0.25) is 5.91 Å². The third kappa shape index (κ3) is 2.77. The van der Waals surface area contributed by atoms with Crippen LogP contribution in [-0.2, 0) is 0 Å². The number of amides is 1. The first-order valence-corrected chi connectivity index (χ1v) is 5.62. The molecule has 0 radical (unpaired) electrons. The summed E-state index contributed by atoms with van der Waals surface area (Å²) in [5, 5.41) is 0. The third-order valence-corrected chi connectivity index (χ3v) is 2.58. The fraction of sp³-hybridized carbons (Fsp3) is 0.0714. The second-order valence-corrected chi connectivity index (χ2v) is 3.87. The molecular formula is C14H14N2O3. The molecule has 0 aliphatic carbocycles. The van der Waals surface area contributed by atoms with Gasteiger partial charge in [0.25, 0.3) is 0 Å². The van der Waals surface area contributed by atoms with E-state index in [-0.39, 0.29) is 0 Å². The van der Waals surface area contributed by atoms with Crippen LogP contribution in [0.5, 0.6) is 17.2 Å². The van der Waals surface area contributed by atoms with Crippen LogP contribution in [0.2, 0.25) is 0 Å². The van der Waals surface area contributed by atoms with Crippen LogP contribution in [0.3, 0.4) is 0 Å². The van der Waals surface area contributed by atoms with Crippen molar-refractivity contribution in [2.75, 3.05) is 12.8 Å². The van der Waals surface area contributed by atoms with Crippen LogP contribution < -0.4 is 20.9 Å². The molecule has 1 amide bonds. The van der Waals surface area contributed by atoms with Crippen molar-refractivity contribution >= 4 is 11.6 Å². The van der Waals surface area contributed by atoms with Crippen LogP contribution >= 0.6 is 0 Å². The van der Waals surface area contributed by atoms with Crippen LogP contribution in [0.1, 0.15) is 10.4 Å². The number of carbonyl (C=O) groups is 1. The van der Waals surface area contributed by atoms with Gasteiger partial charge in [-0.1, -0.05) is 12.1 Å². The lowest BCUT2D eigenvalue weighted by Crippen LogP contribution is -2.11. The van der Waals surface area contributed by atoms with E-state index in [9.17, 15) is 4.79 Å². The van der Waals surface area contributed by atoms with Crippen molar-refractivity contribution in [2.45, 2.75) is 0 Å². The number of primary amides is 1. The Kier molecular flexibility index (Phi) is 3.56. The van der Waals surface area contributed by atoms with E-state index in [4.69, 9.17) is 20.9 Å². The molecule has 2 aromatic rings. The van der Waals surface area contributed by atoms with Crippen molar-refractivity contribution in [1.82, 2.24) is 0 Å². The summed E-state index contributed by atoms with van der Waals surface area (Å²) in [5.41, 5.74) is 11.7. The predicted molar refractivity (Wildman–Crippen MR) is 72.4 cm³/mol. The zero-order valence-corrected chi connectivity index (χ0v) is 10.4. The molecule has 0 unspecified atom stereocenters. The first-order chi connectivity index (χ1) is 9.11. The monoisotopic (exact) mass is 258 g/mol. The average Bonchev–Trinajstić information content (AvgIpc) is 2.41. The van der Waals surface area contributed by atoms with E-state index >= 15 is 0 Å². The number of nitrogens with two attached hydrogens (primary N) is 2. The SMILES string of the molecule is COc1ccccc1Oc1ccc(C(N)=O)cc1N. The second-order valence-electron chi connectivity index (χ2n) is 3.87. The molecule has 4 N–H and O–H groups in total. The quantitative estimate of drug-likeness (QED) is 0.823. The normalized spacial score (nSPS) is 9.95. The standard InChI is InChI=1S/C14H14N2O3/c1-18-12-4-2-3-5-13(12)19-11-7-6-9(14(16)17)8-10(11)15/h2-8H,15H2,1H3,(H2,16,17). The molecule has 2 rings (SSSR count). The van der Waals surface area contributed by atoms with Gasteiger partial charge in [-0.15, -0.1) is 0 Å². The number of methoxy groups -OCH3 is 1. The van der Waals surface area contributed by atoms with Gasteiger partial charge in [-0.05, 0) is 30.3 Å². The highest BCUT2D eigenvalue weighted by atomic mass is 16.5. The van der Waals surface area contributed by atoms with E-state index in [0.29, 0.717) is 28.5 Å². The lowest BCUT2D eigenvalue weighted by Gasteiger charge is -2.12. The van der Waals surface area contributed by atoms with E-state index in [2.05, 4.69) is 0 Å². The van der Waals surface area contributed by atoms with E-state index in [0.717, 1.165) is 0 Å². The Hall–Kier alpha value is -2.69. The van der Waals surface area contributed by atoms with Crippen molar-refractivity contribution in [2.24, 2.45) is 5.73 Å². The zero-order chi connectivity index (χ0) is 13.8. The molecule has 0 fully saturated rings. The van der Waals surface area contributed by atoms with Crippen LogP contribution in [0.25, 0.3) is 0 Å².